The summed E-state index contributed by atoms with van der Waals surface area (Å²) in [5.41, 5.74) is 19.0. The lowest BCUT2D eigenvalue weighted by molar-refractivity contribution is 0.0624. The van der Waals surface area contributed by atoms with Gasteiger partial charge in [-0.15, -0.1) is 0 Å². The molecule has 13 aromatic carbocycles. The molecule has 6 amide bonds. The fourth-order valence-electron chi connectivity index (χ4n) is 15.4. The van der Waals surface area contributed by atoms with Gasteiger partial charge in [-0.05, 0) is 264 Å². The molecule has 0 aliphatic heterocycles. The predicted octanol–water partition coefficient (Wildman–Crippen LogP) is 29.6. The summed E-state index contributed by atoms with van der Waals surface area (Å²) in [5, 5.41) is 17.1. The average molecular weight is 1840 g/mol. The largest absolute Gasteiger partial charge is 0.444 e. The molecule has 0 aliphatic rings. The number of anilines is 6. The van der Waals surface area contributed by atoms with Crippen molar-refractivity contribution < 1.29 is 57.2 Å². The minimum absolute atomic E-state index is 0.353. The SMILES string of the molecule is CC(C)(C)OC(=O)Nc1ccc(-c2ccc(-c3nc4c5nc(-c6ccc(-c7ccc(NC(=O)OC(C)(C)C)cc7)cc6)c(-c6ccc(-c7ccc(NC(=O)OC(C)(C)C)cc7)cc6)nc5c5nc(-c6ccc(-c7ccc(NC(=O)OC(C)(C)C)cc7)cc6)c(-c6ccc(-c7ccc(NC(=O)OC(C)(C)C)cc7)cc6)nc5c4nc3-c3ccc(-c4ccc(NC(=O)OC(C)(C)C)cc4)cc3)cc2)cc1. The molecule has 16 rings (SSSR count). The van der Waals surface area contributed by atoms with Crippen LogP contribution in [0.5, 0.6) is 0 Å². The first-order chi connectivity index (χ1) is 65.4. The number of nitrogens with one attached hydrogen (secondary N) is 6. The zero-order valence-electron chi connectivity index (χ0n) is 80.3. The number of carbonyl (C=O) groups excluding carboxylic acids is 6. The highest BCUT2D eigenvalue weighted by atomic mass is 16.6. The van der Waals surface area contributed by atoms with E-state index in [4.69, 9.17) is 58.3 Å². The van der Waals surface area contributed by atoms with E-state index in [1.54, 1.807) is 0 Å². The minimum Gasteiger partial charge on any atom is -0.444 e. The molecule has 24 nitrogen and oxygen atoms in total. The van der Waals surface area contributed by atoms with E-state index in [0.717, 1.165) is 66.8 Å². The second-order valence-electron chi connectivity index (χ2n) is 39.5. The minimum atomic E-state index is -0.699. The number of ether oxygens (including phenoxy) is 6. The van der Waals surface area contributed by atoms with Crippen molar-refractivity contribution in [1.82, 2.24) is 29.9 Å². The van der Waals surface area contributed by atoms with Crippen LogP contribution in [-0.4, -0.2) is 100 Å². The van der Waals surface area contributed by atoms with Gasteiger partial charge in [0.15, 0.2) is 0 Å². The van der Waals surface area contributed by atoms with Crippen molar-refractivity contribution in [1.29, 1.82) is 0 Å². The molecule has 0 unspecified atom stereocenters. The van der Waals surface area contributed by atoms with Gasteiger partial charge in [-0.3, -0.25) is 31.9 Å². The average Bonchev–Trinajstić information content (AvgIpc) is 0.710. The molecule has 138 heavy (non-hydrogen) atoms. The van der Waals surface area contributed by atoms with Crippen LogP contribution in [0.4, 0.5) is 62.9 Å². The Balaban J connectivity index is 0.926. The van der Waals surface area contributed by atoms with E-state index in [2.05, 4.69) is 31.9 Å². The molecule has 0 atom stereocenters. The van der Waals surface area contributed by atoms with Crippen LogP contribution >= 0.6 is 0 Å². The molecule has 696 valence electrons. The Kier molecular flexibility index (Phi) is 26.4. The first-order valence-electron chi connectivity index (χ1n) is 45.5. The van der Waals surface area contributed by atoms with Gasteiger partial charge in [-0.1, -0.05) is 218 Å². The molecule has 24 heteroatoms. The van der Waals surface area contributed by atoms with Crippen LogP contribution < -0.4 is 31.9 Å². The lowest BCUT2D eigenvalue weighted by atomic mass is 9.97. The Morgan fingerprint density at radius 2 is 0.239 bits per heavy atom. The van der Waals surface area contributed by atoms with Crippen LogP contribution in [-0.2, 0) is 28.4 Å². The normalized spacial score (nSPS) is 11.9. The summed E-state index contributed by atoms with van der Waals surface area (Å²) in [7, 11) is 0. The summed E-state index contributed by atoms with van der Waals surface area (Å²) in [6.07, 6.45) is -3.41. The third-order valence-electron chi connectivity index (χ3n) is 21.5. The zero-order chi connectivity index (χ0) is 97.9. The van der Waals surface area contributed by atoms with E-state index in [1.165, 1.54) is 0 Å². The highest BCUT2D eigenvalue weighted by Crippen LogP contribution is 2.45. The lowest BCUT2D eigenvalue weighted by Gasteiger charge is -2.19. The number of rotatable bonds is 18. The molecule has 0 fully saturated rings. The molecule has 0 bridgehead atoms. The Morgan fingerprint density at radius 1 is 0.152 bits per heavy atom. The Labute approximate surface area is 801 Å². The molecular weight excluding hydrogens is 1730 g/mol. The van der Waals surface area contributed by atoms with Crippen LogP contribution in [0.3, 0.4) is 0 Å². The molecule has 3 aromatic heterocycles. The topological polar surface area (TPSA) is 307 Å². The molecule has 16 aromatic rings. The van der Waals surface area contributed by atoms with Gasteiger partial charge >= 0.3 is 36.6 Å². The number of nitrogens with zero attached hydrogens (tertiary/aromatic N) is 6. The van der Waals surface area contributed by atoms with Gasteiger partial charge < -0.3 is 28.4 Å². The van der Waals surface area contributed by atoms with E-state index >= 15 is 0 Å². The first kappa shape index (κ1) is 94.7. The van der Waals surface area contributed by atoms with Gasteiger partial charge in [0, 0.05) is 67.5 Å². The highest BCUT2D eigenvalue weighted by Gasteiger charge is 2.30. The number of amides is 6. The van der Waals surface area contributed by atoms with E-state index < -0.39 is 70.2 Å². The monoisotopic (exact) mass is 1840 g/mol. The molecule has 0 radical (unpaired) electrons. The standard InChI is InChI=1S/C114H108N12O12/c1-109(2,3)133-103(127)115-85-55-43-73(44-56-85)67-19-31-79(32-20-67)91-92(80-33-21-68(22-34-80)74-45-57-86(58-46-74)116-104(128)134-110(4,5)6)122-98-97(121-91)99-101(125-94(82-37-25-70(26-38-82)76-49-61-88(62-50-76)118-106(130)136-112(10,11)12)93(123-99)81-35-23-69(24-36-81)75-47-59-87(60-48-75)117-105(129)135-111(7,8)9)102-100(98)124-95(83-39-27-71(28-40-83)77-51-63-89(64-52-77)119-107(131)137-113(13,14)15)96(126-102)84-41-29-72(30-42-84)78-53-65-90(66-54-78)120-108(132)138-114(16,17)18/h19-66H,1-18H3,(H,115,127)(H,116,128)(H,117,129)(H,118,130)(H,119,131)(H,120,132). The number of hydrogen-bond acceptors (Lipinski definition) is 18. The lowest BCUT2D eigenvalue weighted by Crippen LogP contribution is -2.27. The molecule has 0 saturated heterocycles. The maximum Gasteiger partial charge on any atom is 0.412 e. The predicted molar refractivity (Wildman–Crippen MR) is 550 cm³/mol. The number of hydrogen-bond donors (Lipinski definition) is 6. The number of carbonyl (C=O) groups is 6. The van der Waals surface area contributed by atoms with E-state index in [9.17, 15) is 28.8 Å². The van der Waals surface area contributed by atoms with Gasteiger partial charge in [-0.25, -0.2) is 58.7 Å². The Hall–Kier alpha value is -16.5. The van der Waals surface area contributed by atoms with Crippen LogP contribution in [0.15, 0.2) is 291 Å². The van der Waals surface area contributed by atoms with Gasteiger partial charge in [-0.2, -0.15) is 0 Å². The summed E-state index contributed by atoms with van der Waals surface area (Å²) in [5.74, 6) is 0. The number of fused-ring (bicyclic) bond motifs is 6. The Bertz CT molecular complexity index is 6090. The third-order valence-corrected chi connectivity index (χ3v) is 21.5. The maximum absolute atomic E-state index is 12.9. The molecule has 0 spiro atoms. The van der Waals surface area contributed by atoms with E-state index in [0.29, 0.717) is 135 Å². The highest BCUT2D eigenvalue weighted by molar-refractivity contribution is 6.20. The van der Waals surface area contributed by atoms with Crippen molar-refractivity contribution in [3.8, 4) is 134 Å². The van der Waals surface area contributed by atoms with E-state index in [-0.39, 0.29) is 0 Å². The van der Waals surface area contributed by atoms with Crippen molar-refractivity contribution in [3.05, 3.63) is 291 Å². The number of benzene rings is 13. The van der Waals surface area contributed by atoms with Crippen LogP contribution in [0, 0.1) is 0 Å². The molecule has 0 aliphatic carbocycles. The van der Waals surface area contributed by atoms with Gasteiger partial charge in [0.25, 0.3) is 0 Å². The smallest absolute Gasteiger partial charge is 0.412 e. The Morgan fingerprint density at radius 3 is 0.333 bits per heavy atom. The first-order valence-corrected chi connectivity index (χ1v) is 45.5. The zero-order valence-corrected chi connectivity index (χ0v) is 80.3. The quantitative estimate of drug-likeness (QED) is 0.0343. The fraction of sp³-hybridized carbons (Fsp3) is 0.211. The summed E-state index contributed by atoms with van der Waals surface area (Å²) < 4.78 is 33.5. The summed E-state index contributed by atoms with van der Waals surface area (Å²) in [6.45, 7) is 32.6. The molecule has 0 saturated carbocycles. The van der Waals surface area contributed by atoms with Crippen molar-refractivity contribution in [2.24, 2.45) is 0 Å². The third kappa shape index (κ3) is 23.8. The van der Waals surface area contributed by atoms with Crippen molar-refractivity contribution in [3.63, 3.8) is 0 Å². The summed E-state index contributed by atoms with van der Waals surface area (Å²) in [6, 6.07) is 93.6. The summed E-state index contributed by atoms with van der Waals surface area (Å²) in [4.78, 5) is 113. The molecule has 3 heterocycles. The van der Waals surface area contributed by atoms with Gasteiger partial charge in [0.2, 0.25) is 0 Å². The molecule has 6 N–H and O–H groups in total. The fourth-order valence-corrected chi connectivity index (χ4v) is 15.4. The van der Waals surface area contributed by atoms with Crippen LogP contribution in [0.25, 0.3) is 167 Å². The van der Waals surface area contributed by atoms with Crippen molar-refractivity contribution in [2.75, 3.05) is 31.9 Å². The maximum atomic E-state index is 12.9. The molecular formula is C114H108N12O12. The van der Waals surface area contributed by atoms with Gasteiger partial charge in [0.05, 0.1) is 34.2 Å². The second kappa shape index (κ2) is 38.5. The van der Waals surface area contributed by atoms with Gasteiger partial charge in [0.1, 0.15) is 66.7 Å². The van der Waals surface area contributed by atoms with Crippen LogP contribution in [0.1, 0.15) is 125 Å². The number of aromatic nitrogens is 6. The van der Waals surface area contributed by atoms with Crippen molar-refractivity contribution >= 4 is 104 Å². The van der Waals surface area contributed by atoms with Crippen LogP contribution in [0.2, 0.25) is 0 Å². The second-order valence-corrected chi connectivity index (χ2v) is 39.5. The summed E-state index contributed by atoms with van der Waals surface area (Å²) >= 11 is 0. The van der Waals surface area contributed by atoms with Crippen molar-refractivity contribution in [2.45, 2.75) is 158 Å². The van der Waals surface area contributed by atoms with E-state index in [1.807, 2.05) is 416 Å².